The number of ether oxygens (including phenoxy) is 2. The molecule has 0 aliphatic rings. The van der Waals surface area contributed by atoms with Crippen LogP contribution in [0.5, 0.6) is 0 Å². The van der Waals surface area contributed by atoms with Crippen molar-refractivity contribution in [2.45, 2.75) is 95.3 Å². The standard InChI is InChI=1S/2C7H14O2.C7H14O/c2*1-5(2)7(8)9-6(3)4;1-5(2)7(8)6(3)4/h2*5-6H,1-4H3;5-6H,1-4H3. The van der Waals surface area contributed by atoms with Crippen molar-refractivity contribution in [2.24, 2.45) is 23.7 Å². The quantitative estimate of drug-likeness (QED) is 0.608. The van der Waals surface area contributed by atoms with Gasteiger partial charge in [-0.3, -0.25) is 14.4 Å². The van der Waals surface area contributed by atoms with Gasteiger partial charge in [-0.15, -0.1) is 0 Å². The molecule has 0 amide bonds. The molecule has 5 nitrogen and oxygen atoms in total. The van der Waals surface area contributed by atoms with Gasteiger partial charge in [-0.05, 0) is 27.7 Å². The van der Waals surface area contributed by atoms with Crippen LogP contribution >= 0.6 is 0 Å². The second-order valence-corrected chi connectivity index (χ2v) is 7.99. The predicted octanol–water partition coefficient (Wildman–Crippen LogP) is 5.06. The van der Waals surface area contributed by atoms with Gasteiger partial charge in [0.15, 0.2) is 0 Å². The Hall–Kier alpha value is -1.39. The van der Waals surface area contributed by atoms with Gasteiger partial charge in [0.2, 0.25) is 0 Å². The fourth-order valence-electron chi connectivity index (χ4n) is 1.40. The first-order valence-corrected chi connectivity index (χ1v) is 9.57. The Bertz CT molecular complexity index is 357. The zero-order chi connectivity index (χ0) is 21.6. The van der Waals surface area contributed by atoms with Gasteiger partial charge in [0, 0.05) is 11.8 Å². The van der Waals surface area contributed by atoms with E-state index in [1.807, 2.05) is 83.1 Å². The van der Waals surface area contributed by atoms with Crippen molar-refractivity contribution in [2.75, 3.05) is 0 Å². The number of carbonyl (C=O) groups is 3. The molecule has 0 atom stereocenters. The Morgan fingerprint density at radius 2 is 0.692 bits per heavy atom. The zero-order valence-corrected chi connectivity index (χ0v) is 19.0. The maximum absolute atomic E-state index is 10.8. The number of carbonyl (C=O) groups excluding carboxylic acids is 3. The van der Waals surface area contributed by atoms with Gasteiger partial charge >= 0.3 is 11.9 Å². The van der Waals surface area contributed by atoms with Crippen molar-refractivity contribution >= 4 is 17.7 Å². The van der Waals surface area contributed by atoms with Crippen molar-refractivity contribution < 1.29 is 23.9 Å². The van der Waals surface area contributed by atoms with Crippen LogP contribution in [0.15, 0.2) is 0 Å². The summed E-state index contributed by atoms with van der Waals surface area (Å²) >= 11 is 0. The molecular weight excluding hydrogens is 332 g/mol. The summed E-state index contributed by atoms with van der Waals surface area (Å²) in [5, 5.41) is 0. The topological polar surface area (TPSA) is 69.7 Å². The van der Waals surface area contributed by atoms with Crippen LogP contribution in [-0.2, 0) is 23.9 Å². The lowest BCUT2D eigenvalue weighted by molar-refractivity contribution is -0.152. The Labute approximate surface area is 161 Å². The van der Waals surface area contributed by atoms with Crippen LogP contribution < -0.4 is 0 Å². The van der Waals surface area contributed by atoms with Gasteiger partial charge in [0.1, 0.15) is 5.78 Å². The third-order valence-corrected chi connectivity index (χ3v) is 2.78. The van der Waals surface area contributed by atoms with Crippen LogP contribution in [0.25, 0.3) is 0 Å². The first kappa shape index (κ1) is 29.4. The van der Waals surface area contributed by atoms with Crippen molar-refractivity contribution in [3.05, 3.63) is 0 Å². The molecule has 0 spiro atoms. The van der Waals surface area contributed by atoms with E-state index >= 15 is 0 Å². The second-order valence-electron chi connectivity index (χ2n) is 7.99. The Balaban J connectivity index is -0.000000306. The zero-order valence-electron chi connectivity index (χ0n) is 19.0. The fourth-order valence-corrected chi connectivity index (χ4v) is 1.40. The van der Waals surface area contributed by atoms with Crippen LogP contribution in [0.4, 0.5) is 0 Å². The third kappa shape index (κ3) is 20.7. The number of ketones is 1. The summed E-state index contributed by atoms with van der Waals surface area (Å²) < 4.78 is 9.75. The van der Waals surface area contributed by atoms with E-state index in [0.29, 0.717) is 5.78 Å². The highest BCUT2D eigenvalue weighted by Crippen LogP contribution is 2.03. The summed E-state index contributed by atoms with van der Waals surface area (Å²) in [5.74, 6) is 0.504. The predicted molar refractivity (Wildman–Crippen MR) is 107 cm³/mol. The number of hydrogen-bond donors (Lipinski definition) is 0. The van der Waals surface area contributed by atoms with Crippen molar-refractivity contribution in [3.63, 3.8) is 0 Å². The number of Topliss-reactive ketones (excluding diaryl/α,β-unsaturated/α-hetero) is 1. The molecule has 0 aliphatic carbocycles. The largest absolute Gasteiger partial charge is 0.463 e. The monoisotopic (exact) mass is 374 g/mol. The Kier molecular flexibility index (Phi) is 17.9. The van der Waals surface area contributed by atoms with Crippen LogP contribution in [0.1, 0.15) is 83.1 Å². The van der Waals surface area contributed by atoms with E-state index < -0.39 is 0 Å². The normalized spacial score (nSPS) is 10.5. The van der Waals surface area contributed by atoms with Crippen molar-refractivity contribution in [1.29, 1.82) is 0 Å². The molecule has 0 fully saturated rings. The first-order valence-electron chi connectivity index (χ1n) is 9.57. The van der Waals surface area contributed by atoms with Gasteiger partial charge in [0.05, 0.1) is 24.0 Å². The summed E-state index contributed by atoms with van der Waals surface area (Å²) in [7, 11) is 0. The summed E-state index contributed by atoms with van der Waals surface area (Å²) in [5.41, 5.74) is 0. The highest BCUT2D eigenvalue weighted by Gasteiger charge is 2.10. The molecule has 0 aromatic heterocycles. The average molecular weight is 375 g/mol. The maximum Gasteiger partial charge on any atom is 0.308 e. The minimum atomic E-state index is -0.120. The molecule has 0 radical (unpaired) electrons. The van der Waals surface area contributed by atoms with E-state index in [0.717, 1.165) is 0 Å². The molecule has 156 valence electrons. The van der Waals surface area contributed by atoms with Crippen LogP contribution in [0, 0.1) is 23.7 Å². The molecule has 0 unspecified atom stereocenters. The molecular formula is C21H42O5. The third-order valence-electron chi connectivity index (χ3n) is 2.78. The maximum atomic E-state index is 10.8. The Morgan fingerprint density at radius 3 is 0.731 bits per heavy atom. The Morgan fingerprint density at radius 1 is 0.462 bits per heavy atom. The fraction of sp³-hybridized carbons (Fsp3) is 0.857. The first-order chi connectivity index (χ1) is 11.6. The molecule has 0 aliphatic heterocycles. The van der Waals surface area contributed by atoms with E-state index in [9.17, 15) is 14.4 Å². The number of esters is 2. The van der Waals surface area contributed by atoms with E-state index in [-0.39, 0.29) is 47.8 Å². The summed E-state index contributed by atoms with van der Waals surface area (Å²) in [6, 6.07) is 0. The average Bonchev–Trinajstić information content (AvgIpc) is 2.45. The lowest BCUT2D eigenvalue weighted by Gasteiger charge is -2.08. The molecule has 0 aromatic rings. The molecule has 0 aromatic carbocycles. The number of hydrogen-bond acceptors (Lipinski definition) is 5. The van der Waals surface area contributed by atoms with E-state index in [1.165, 1.54) is 0 Å². The summed E-state index contributed by atoms with van der Waals surface area (Å²) in [6.07, 6.45) is 0.0276. The molecule has 0 saturated carbocycles. The van der Waals surface area contributed by atoms with Gasteiger partial charge in [0.25, 0.3) is 0 Å². The lowest BCUT2D eigenvalue weighted by Crippen LogP contribution is -2.16. The minimum Gasteiger partial charge on any atom is -0.463 e. The second kappa shape index (κ2) is 15.8. The van der Waals surface area contributed by atoms with Crippen LogP contribution in [-0.4, -0.2) is 29.9 Å². The highest BCUT2D eigenvalue weighted by atomic mass is 16.5. The molecule has 5 heteroatoms. The highest BCUT2D eigenvalue weighted by molar-refractivity contribution is 5.82. The SMILES string of the molecule is CC(C)C(=O)C(C)C.CC(C)OC(=O)C(C)C.CC(C)OC(=O)C(C)C. The minimum absolute atomic E-state index is 0.00704. The van der Waals surface area contributed by atoms with E-state index in [4.69, 9.17) is 9.47 Å². The molecule has 0 heterocycles. The molecule has 0 N–H and O–H groups in total. The van der Waals surface area contributed by atoms with Gasteiger partial charge < -0.3 is 9.47 Å². The summed E-state index contributed by atoms with van der Waals surface area (Å²) in [4.78, 5) is 32.3. The van der Waals surface area contributed by atoms with E-state index in [1.54, 1.807) is 0 Å². The molecule has 0 rings (SSSR count). The number of rotatable bonds is 6. The van der Waals surface area contributed by atoms with Crippen LogP contribution in [0.3, 0.4) is 0 Å². The van der Waals surface area contributed by atoms with Crippen LogP contribution in [0.2, 0.25) is 0 Å². The molecule has 0 bridgehead atoms. The lowest BCUT2D eigenvalue weighted by atomic mass is 9.99. The van der Waals surface area contributed by atoms with Gasteiger partial charge in [-0.2, -0.15) is 0 Å². The van der Waals surface area contributed by atoms with E-state index in [2.05, 4.69) is 0 Å². The van der Waals surface area contributed by atoms with Crippen molar-refractivity contribution in [1.82, 2.24) is 0 Å². The van der Waals surface area contributed by atoms with Gasteiger partial charge in [-0.25, -0.2) is 0 Å². The van der Waals surface area contributed by atoms with Gasteiger partial charge in [-0.1, -0.05) is 55.4 Å². The summed E-state index contributed by atoms with van der Waals surface area (Å²) in [6.45, 7) is 22.4. The molecule has 26 heavy (non-hydrogen) atoms. The smallest absolute Gasteiger partial charge is 0.308 e. The van der Waals surface area contributed by atoms with Crippen molar-refractivity contribution in [3.8, 4) is 0 Å². The molecule has 0 saturated heterocycles.